The number of amides is 1. The third kappa shape index (κ3) is 2.24. The second-order valence-electron chi connectivity index (χ2n) is 4.55. The summed E-state index contributed by atoms with van der Waals surface area (Å²) in [4.78, 5) is 13.8. The number of anilines is 1. The van der Waals surface area contributed by atoms with Crippen LogP contribution >= 0.6 is 0 Å². The maximum absolute atomic E-state index is 12.1. The normalized spacial score (nSPS) is 21.8. The molecule has 1 fully saturated rings. The summed E-state index contributed by atoms with van der Waals surface area (Å²) in [6.45, 7) is 1.36. The van der Waals surface area contributed by atoms with E-state index in [0.717, 1.165) is 5.69 Å². The molecule has 102 valence electrons. The molecule has 1 aromatic carbocycles. The highest BCUT2D eigenvalue weighted by atomic mass is 16.7. The SMILES string of the molecule is NCCC1COCC(=O)N1c1ccc2c(c1)OCO2. The lowest BCUT2D eigenvalue weighted by molar-refractivity contribution is -0.127. The molecule has 0 aromatic heterocycles. The summed E-state index contributed by atoms with van der Waals surface area (Å²) in [5.41, 5.74) is 6.40. The van der Waals surface area contributed by atoms with Gasteiger partial charge in [-0.3, -0.25) is 4.79 Å². The summed E-state index contributed by atoms with van der Waals surface area (Å²) >= 11 is 0. The van der Waals surface area contributed by atoms with Gasteiger partial charge in [0.15, 0.2) is 11.5 Å². The Morgan fingerprint density at radius 1 is 1.32 bits per heavy atom. The number of fused-ring (bicyclic) bond motifs is 1. The van der Waals surface area contributed by atoms with Gasteiger partial charge < -0.3 is 24.8 Å². The first-order valence-corrected chi connectivity index (χ1v) is 6.29. The van der Waals surface area contributed by atoms with Crippen molar-refractivity contribution in [1.29, 1.82) is 0 Å². The predicted molar refractivity (Wildman–Crippen MR) is 68.3 cm³/mol. The molecule has 2 N–H and O–H groups in total. The molecule has 6 heteroatoms. The number of hydrogen-bond donors (Lipinski definition) is 1. The molecule has 0 bridgehead atoms. The van der Waals surface area contributed by atoms with Crippen molar-refractivity contribution >= 4 is 11.6 Å². The van der Waals surface area contributed by atoms with Crippen LogP contribution in [0.3, 0.4) is 0 Å². The minimum absolute atomic E-state index is 0.0216. The molecule has 19 heavy (non-hydrogen) atoms. The molecular weight excluding hydrogens is 248 g/mol. The smallest absolute Gasteiger partial charge is 0.253 e. The van der Waals surface area contributed by atoms with Crippen molar-refractivity contribution in [2.24, 2.45) is 5.73 Å². The summed E-state index contributed by atoms with van der Waals surface area (Å²) in [6.07, 6.45) is 0.709. The Labute approximate surface area is 111 Å². The minimum atomic E-state index is -0.0523. The first-order chi connectivity index (χ1) is 9.29. The van der Waals surface area contributed by atoms with E-state index in [9.17, 15) is 4.79 Å². The van der Waals surface area contributed by atoms with E-state index < -0.39 is 0 Å². The highest BCUT2D eigenvalue weighted by Crippen LogP contribution is 2.36. The van der Waals surface area contributed by atoms with Crippen molar-refractivity contribution in [2.45, 2.75) is 12.5 Å². The Morgan fingerprint density at radius 2 is 2.16 bits per heavy atom. The highest BCUT2D eigenvalue weighted by Gasteiger charge is 2.30. The molecule has 0 radical (unpaired) electrons. The van der Waals surface area contributed by atoms with Crippen LogP contribution in [0.1, 0.15) is 6.42 Å². The number of nitrogens with two attached hydrogens (primary N) is 1. The third-order valence-electron chi connectivity index (χ3n) is 3.30. The van der Waals surface area contributed by atoms with Crippen molar-refractivity contribution in [2.75, 3.05) is 31.5 Å². The maximum atomic E-state index is 12.1. The number of hydrogen-bond acceptors (Lipinski definition) is 5. The standard InChI is InChI=1S/C13H16N2O4/c14-4-3-10-6-17-7-13(16)15(10)9-1-2-11-12(5-9)19-8-18-11/h1-2,5,10H,3-4,6-8,14H2. The lowest BCUT2D eigenvalue weighted by Crippen LogP contribution is -2.50. The van der Waals surface area contributed by atoms with Crippen molar-refractivity contribution < 1.29 is 19.0 Å². The molecule has 2 aliphatic heterocycles. The van der Waals surface area contributed by atoms with E-state index in [1.165, 1.54) is 0 Å². The van der Waals surface area contributed by atoms with Gasteiger partial charge in [-0.15, -0.1) is 0 Å². The molecule has 0 spiro atoms. The van der Waals surface area contributed by atoms with Crippen LogP contribution in [0.4, 0.5) is 5.69 Å². The van der Waals surface area contributed by atoms with Crippen LogP contribution in [-0.2, 0) is 9.53 Å². The van der Waals surface area contributed by atoms with Crippen LogP contribution < -0.4 is 20.1 Å². The van der Waals surface area contributed by atoms with E-state index in [-0.39, 0.29) is 25.3 Å². The topological polar surface area (TPSA) is 74.0 Å². The van der Waals surface area contributed by atoms with E-state index in [1.54, 1.807) is 4.90 Å². The van der Waals surface area contributed by atoms with Gasteiger partial charge in [-0.25, -0.2) is 0 Å². The molecule has 1 unspecified atom stereocenters. The summed E-state index contributed by atoms with van der Waals surface area (Å²) in [7, 11) is 0. The fourth-order valence-corrected chi connectivity index (χ4v) is 2.42. The molecule has 0 saturated carbocycles. The maximum Gasteiger partial charge on any atom is 0.253 e. The van der Waals surface area contributed by atoms with Gasteiger partial charge in [-0.1, -0.05) is 0 Å². The molecule has 1 atom stereocenters. The van der Waals surface area contributed by atoms with Gasteiger partial charge in [0.05, 0.1) is 12.6 Å². The molecule has 2 heterocycles. The Morgan fingerprint density at radius 3 is 3.00 bits per heavy atom. The second-order valence-corrected chi connectivity index (χ2v) is 4.55. The zero-order chi connectivity index (χ0) is 13.2. The molecule has 0 aliphatic carbocycles. The number of ether oxygens (including phenoxy) is 3. The lowest BCUT2D eigenvalue weighted by atomic mass is 10.1. The van der Waals surface area contributed by atoms with Gasteiger partial charge in [0.25, 0.3) is 5.91 Å². The fraction of sp³-hybridized carbons (Fsp3) is 0.462. The number of benzene rings is 1. The molecule has 1 amide bonds. The summed E-state index contributed by atoms with van der Waals surface area (Å²) in [6, 6.07) is 5.49. The quantitative estimate of drug-likeness (QED) is 0.860. The first kappa shape index (κ1) is 12.3. The number of carbonyl (C=O) groups is 1. The van der Waals surface area contributed by atoms with Gasteiger partial charge >= 0.3 is 0 Å². The van der Waals surface area contributed by atoms with E-state index in [1.807, 2.05) is 18.2 Å². The van der Waals surface area contributed by atoms with Gasteiger partial charge in [-0.05, 0) is 25.1 Å². The third-order valence-corrected chi connectivity index (χ3v) is 3.30. The molecule has 2 aliphatic rings. The second kappa shape index (κ2) is 5.07. The zero-order valence-corrected chi connectivity index (χ0v) is 10.5. The van der Waals surface area contributed by atoms with E-state index >= 15 is 0 Å². The van der Waals surface area contributed by atoms with Crippen LogP contribution in [-0.4, -0.2) is 38.5 Å². The molecule has 6 nitrogen and oxygen atoms in total. The highest BCUT2D eigenvalue weighted by molar-refractivity contribution is 5.95. The Hall–Kier alpha value is -1.79. The Balaban J connectivity index is 1.90. The van der Waals surface area contributed by atoms with Crippen LogP contribution in [0.5, 0.6) is 11.5 Å². The monoisotopic (exact) mass is 264 g/mol. The number of nitrogens with zero attached hydrogens (tertiary/aromatic N) is 1. The largest absolute Gasteiger partial charge is 0.454 e. The number of morpholine rings is 1. The molecule has 3 rings (SSSR count). The van der Waals surface area contributed by atoms with E-state index in [0.29, 0.717) is 31.1 Å². The van der Waals surface area contributed by atoms with Crippen molar-refractivity contribution in [3.05, 3.63) is 18.2 Å². The predicted octanol–water partition coefficient (Wildman–Crippen LogP) is 0.496. The van der Waals surface area contributed by atoms with Crippen LogP contribution in [0.25, 0.3) is 0 Å². The molecular formula is C13H16N2O4. The van der Waals surface area contributed by atoms with Crippen molar-refractivity contribution in [3.63, 3.8) is 0 Å². The molecule has 1 saturated heterocycles. The van der Waals surface area contributed by atoms with Crippen molar-refractivity contribution in [1.82, 2.24) is 0 Å². The van der Waals surface area contributed by atoms with Gasteiger partial charge in [0.1, 0.15) is 6.61 Å². The average molecular weight is 264 g/mol. The van der Waals surface area contributed by atoms with Gasteiger partial charge in [-0.2, -0.15) is 0 Å². The average Bonchev–Trinajstić information content (AvgIpc) is 2.86. The minimum Gasteiger partial charge on any atom is -0.454 e. The van der Waals surface area contributed by atoms with E-state index in [4.69, 9.17) is 19.9 Å². The zero-order valence-electron chi connectivity index (χ0n) is 10.5. The lowest BCUT2D eigenvalue weighted by Gasteiger charge is -2.35. The first-order valence-electron chi connectivity index (χ1n) is 6.29. The Bertz CT molecular complexity index is 490. The van der Waals surface area contributed by atoms with Crippen LogP contribution in [0.15, 0.2) is 18.2 Å². The van der Waals surface area contributed by atoms with Gasteiger partial charge in [0.2, 0.25) is 6.79 Å². The van der Waals surface area contributed by atoms with Crippen molar-refractivity contribution in [3.8, 4) is 11.5 Å². The molecule has 1 aromatic rings. The summed E-state index contributed by atoms with van der Waals surface area (Å²) < 4.78 is 15.9. The summed E-state index contributed by atoms with van der Waals surface area (Å²) in [5, 5.41) is 0. The van der Waals surface area contributed by atoms with E-state index in [2.05, 4.69) is 0 Å². The number of rotatable bonds is 3. The Kier molecular flexibility index (Phi) is 3.27. The van der Waals surface area contributed by atoms with Gasteiger partial charge in [0, 0.05) is 11.8 Å². The fourth-order valence-electron chi connectivity index (χ4n) is 2.42. The number of carbonyl (C=O) groups excluding carboxylic acids is 1. The van der Waals surface area contributed by atoms with Crippen LogP contribution in [0, 0.1) is 0 Å². The van der Waals surface area contributed by atoms with Crippen LogP contribution in [0.2, 0.25) is 0 Å². The summed E-state index contributed by atoms with van der Waals surface area (Å²) in [5.74, 6) is 1.33.